The molecular formula is C27H20FN3S. The Morgan fingerprint density at radius 3 is 2.12 bits per heavy atom. The number of hydrogen-bond donors (Lipinski definition) is 0. The monoisotopic (exact) mass is 437 g/mol. The second kappa shape index (κ2) is 9.20. The summed E-state index contributed by atoms with van der Waals surface area (Å²) < 4.78 is 15.7. The third-order valence-electron chi connectivity index (χ3n) is 5.22. The SMILES string of the molecule is Fc1ccc(/C(=C(\CSc2ccccc2)c2ccccc2)n2nnc3ccccc32)cc1. The number of fused-ring (bicyclic) bond motifs is 1. The van der Waals surface area contributed by atoms with Gasteiger partial charge in [0.15, 0.2) is 0 Å². The van der Waals surface area contributed by atoms with Crippen molar-refractivity contribution in [2.75, 3.05) is 5.75 Å². The van der Waals surface area contributed by atoms with E-state index in [1.807, 2.05) is 65.3 Å². The van der Waals surface area contributed by atoms with E-state index in [0.717, 1.165) is 39.2 Å². The van der Waals surface area contributed by atoms with E-state index in [1.165, 1.54) is 17.0 Å². The van der Waals surface area contributed by atoms with Crippen LogP contribution in [0.5, 0.6) is 0 Å². The third-order valence-corrected chi connectivity index (χ3v) is 6.25. The van der Waals surface area contributed by atoms with Crippen LogP contribution < -0.4 is 0 Å². The Balaban J connectivity index is 1.74. The number of nitrogens with zero attached hydrogens (tertiary/aromatic N) is 3. The van der Waals surface area contributed by atoms with E-state index in [2.05, 4.69) is 34.6 Å². The first-order valence-electron chi connectivity index (χ1n) is 10.3. The first-order valence-corrected chi connectivity index (χ1v) is 11.3. The molecule has 0 aliphatic heterocycles. The number of aromatic nitrogens is 3. The van der Waals surface area contributed by atoms with Crippen LogP contribution in [0.1, 0.15) is 11.1 Å². The molecule has 0 N–H and O–H groups in total. The van der Waals surface area contributed by atoms with Crippen molar-refractivity contribution in [3.8, 4) is 0 Å². The Labute approximate surface area is 190 Å². The molecule has 0 aliphatic carbocycles. The zero-order valence-electron chi connectivity index (χ0n) is 17.2. The molecule has 156 valence electrons. The molecule has 1 heterocycles. The molecule has 0 spiro atoms. The minimum absolute atomic E-state index is 0.267. The van der Waals surface area contributed by atoms with Crippen molar-refractivity contribution in [3.05, 3.63) is 126 Å². The maximum atomic E-state index is 13.8. The zero-order valence-corrected chi connectivity index (χ0v) is 18.0. The van der Waals surface area contributed by atoms with Gasteiger partial charge in [-0.3, -0.25) is 0 Å². The lowest BCUT2D eigenvalue weighted by atomic mass is 10.0. The van der Waals surface area contributed by atoms with Gasteiger partial charge in [-0.2, -0.15) is 0 Å². The van der Waals surface area contributed by atoms with Crippen molar-refractivity contribution >= 4 is 34.1 Å². The molecule has 0 saturated carbocycles. The predicted octanol–water partition coefficient (Wildman–Crippen LogP) is 6.78. The number of para-hydroxylation sites is 1. The molecular weight excluding hydrogens is 417 g/mol. The molecule has 0 amide bonds. The average molecular weight is 438 g/mol. The molecule has 1 aromatic heterocycles. The molecule has 0 bridgehead atoms. The van der Waals surface area contributed by atoms with Crippen LogP contribution in [0.4, 0.5) is 4.39 Å². The molecule has 0 aliphatic rings. The number of benzene rings is 4. The van der Waals surface area contributed by atoms with Gasteiger partial charge in [0.2, 0.25) is 0 Å². The van der Waals surface area contributed by atoms with Crippen molar-refractivity contribution in [3.63, 3.8) is 0 Å². The van der Waals surface area contributed by atoms with E-state index in [-0.39, 0.29) is 5.82 Å². The Morgan fingerprint density at radius 2 is 1.38 bits per heavy atom. The van der Waals surface area contributed by atoms with Crippen LogP contribution in [-0.2, 0) is 0 Å². The summed E-state index contributed by atoms with van der Waals surface area (Å²) in [6, 6.07) is 35.0. The smallest absolute Gasteiger partial charge is 0.123 e. The van der Waals surface area contributed by atoms with Gasteiger partial charge in [-0.05, 0) is 59.7 Å². The normalized spacial score (nSPS) is 12.0. The van der Waals surface area contributed by atoms with E-state index < -0.39 is 0 Å². The van der Waals surface area contributed by atoms with Crippen molar-refractivity contribution in [1.29, 1.82) is 0 Å². The summed E-state index contributed by atoms with van der Waals surface area (Å²) in [5.74, 6) is 0.450. The first kappa shape index (κ1) is 20.2. The molecule has 0 atom stereocenters. The lowest BCUT2D eigenvalue weighted by Crippen LogP contribution is -2.07. The van der Waals surface area contributed by atoms with Gasteiger partial charge in [0, 0.05) is 16.2 Å². The standard InChI is InChI=1S/C27H20FN3S/c28-22-17-15-21(16-18-22)27(31-26-14-8-7-13-25(26)29-30-31)24(20-9-3-1-4-10-20)19-32-23-11-5-2-6-12-23/h1-18H,19H2/b27-24-. The lowest BCUT2D eigenvalue weighted by molar-refractivity contribution is 0.627. The summed E-state index contributed by atoms with van der Waals surface area (Å²) in [5.41, 5.74) is 5.69. The van der Waals surface area contributed by atoms with Gasteiger partial charge in [-0.25, -0.2) is 9.07 Å². The van der Waals surface area contributed by atoms with E-state index in [1.54, 1.807) is 23.9 Å². The predicted molar refractivity (Wildman–Crippen MR) is 130 cm³/mol. The molecule has 5 aromatic rings. The van der Waals surface area contributed by atoms with Crippen LogP contribution in [0.15, 0.2) is 114 Å². The van der Waals surface area contributed by atoms with E-state index in [0.29, 0.717) is 0 Å². The van der Waals surface area contributed by atoms with Crippen LogP contribution >= 0.6 is 11.8 Å². The Hall–Kier alpha value is -3.70. The summed E-state index contributed by atoms with van der Waals surface area (Å²) in [6.07, 6.45) is 0. The van der Waals surface area contributed by atoms with Gasteiger partial charge in [-0.1, -0.05) is 65.9 Å². The summed E-state index contributed by atoms with van der Waals surface area (Å²) >= 11 is 1.76. The molecule has 3 nitrogen and oxygen atoms in total. The fourth-order valence-corrected chi connectivity index (χ4v) is 4.63. The van der Waals surface area contributed by atoms with Gasteiger partial charge in [0.05, 0.1) is 11.2 Å². The second-order valence-electron chi connectivity index (χ2n) is 7.29. The Bertz CT molecular complexity index is 1360. The second-order valence-corrected chi connectivity index (χ2v) is 8.34. The van der Waals surface area contributed by atoms with Crippen LogP contribution in [0.2, 0.25) is 0 Å². The highest BCUT2D eigenvalue weighted by atomic mass is 32.2. The third kappa shape index (κ3) is 4.20. The topological polar surface area (TPSA) is 30.7 Å². The summed E-state index contributed by atoms with van der Waals surface area (Å²) in [6.45, 7) is 0. The van der Waals surface area contributed by atoms with Crippen LogP contribution in [0.3, 0.4) is 0 Å². The highest BCUT2D eigenvalue weighted by Gasteiger charge is 2.18. The van der Waals surface area contributed by atoms with Crippen molar-refractivity contribution in [2.45, 2.75) is 4.90 Å². The zero-order chi connectivity index (χ0) is 21.8. The summed E-state index contributed by atoms with van der Waals surface area (Å²) in [4.78, 5) is 1.18. The lowest BCUT2D eigenvalue weighted by Gasteiger charge is -2.17. The maximum Gasteiger partial charge on any atom is 0.123 e. The minimum atomic E-state index is -0.267. The molecule has 0 radical (unpaired) electrons. The van der Waals surface area contributed by atoms with Crippen LogP contribution in [-0.4, -0.2) is 20.7 Å². The fraction of sp³-hybridized carbons (Fsp3) is 0.0370. The maximum absolute atomic E-state index is 13.8. The highest BCUT2D eigenvalue weighted by molar-refractivity contribution is 7.99. The molecule has 5 rings (SSSR count). The Morgan fingerprint density at radius 1 is 0.719 bits per heavy atom. The summed E-state index contributed by atoms with van der Waals surface area (Å²) in [5, 5.41) is 8.88. The fourth-order valence-electron chi connectivity index (χ4n) is 3.67. The van der Waals surface area contributed by atoms with Crippen LogP contribution in [0.25, 0.3) is 22.3 Å². The largest absolute Gasteiger partial charge is 0.212 e. The average Bonchev–Trinajstić information content (AvgIpc) is 3.27. The van der Waals surface area contributed by atoms with Gasteiger partial charge in [0.25, 0.3) is 0 Å². The quantitative estimate of drug-likeness (QED) is 0.217. The number of thioether (sulfide) groups is 1. The van der Waals surface area contributed by atoms with E-state index >= 15 is 0 Å². The number of hydrogen-bond acceptors (Lipinski definition) is 3. The first-order chi connectivity index (χ1) is 15.8. The molecule has 32 heavy (non-hydrogen) atoms. The minimum Gasteiger partial charge on any atom is -0.212 e. The van der Waals surface area contributed by atoms with E-state index in [9.17, 15) is 4.39 Å². The van der Waals surface area contributed by atoms with Gasteiger partial charge in [0.1, 0.15) is 11.3 Å². The molecule has 0 saturated heterocycles. The molecule has 0 unspecified atom stereocenters. The van der Waals surface area contributed by atoms with Crippen molar-refractivity contribution in [1.82, 2.24) is 15.0 Å². The van der Waals surface area contributed by atoms with Gasteiger partial charge in [-0.15, -0.1) is 16.9 Å². The molecule has 4 aromatic carbocycles. The van der Waals surface area contributed by atoms with Gasteiger partial charge >= 0.3 is 0 Å². The van der Waals surface area contributed by atoms with Gasteiger partial charge < -0.3 is 0 Å². The van der Waals surface area contributed by atoms with Crippen LogP contribution in [0, 0.1) is 5.82 Å². The van der Waals surface area contributed by atoms with Crippen molar-refractivity contribution in [2.24, 2.45) is 0 Å². The summed E-state index contributed by atoms with van der Waals surface area (Å²) in [7, 11) is 0. The highest BCUT2D eigenvalue weighted by Crippen LogP contribution is 2.34. The number of rotatable bonds is 6. The Kier molecular flexibility index (Phi) is 5.81. The molecule has 0 fully saturated rings. The molecule has 5 heteroatoms. The van der Waals surface area contributed by atoms with Crippen molar-refractivity contribution < 1.29 is 4.39 Å². The number of halogens is 1. The van der Waals surface area contributed by atoms with E-state index in [4.69, 9.17) is 0 Å².